The van der Waals surface area contributed by atoms with Crippen molar-refractivity contribution in [2.45, 2.75) is 33.2 Å². The quantitative estimate of drug-likeness (QED) is 0.633. The molecule has 0 aliphatic rings. The van der Waals surface area contributed by atoms with Gasteiger partial charge in [-0.2, -0.15) is 0 Å². The van der Waals surface area contributed by atoms with Crippen LogP contribution >= 0.6 is 0 Å². The van der Waals surface area contributed by atoms with Gasteiger partial charge in [-0.3, -0.25) is 14.9 Å². The lowest BCUT2D eigenvalue weighted by molar-refractivity contribution is -0.385. The number of nitro benzene ring substituents is 1. The molecule has 0 spiro atoms. The van der Waals surface area contributed by atoms with E-state index in [-0.39, 0.29) is 17.1 Å². The van der Waals surface area contributed by atoms with Crippen molar-refractivity contribution in [3.63, 3.8) is 0 Å². The van der Waals surface area contributed by atoms with Gasteiger partial charge in [0.1, 0.15) is 0 Å². The molecule has 0 saturated heterocycles. The molecule has 5 nitrogen and oxygen atoms in total. The second-order valence-electron chi connectivity index (χ2n) is 4.96. The van der Waals surface area contributed by atoms with Crippen LogP contribution in [0, 0.1) is 17.0 Å². The highest BCUT2D eigenvalue weighted by atomic mass is 16.6. The van der Waals surface area contributed by atoms with Gasteiger partial charge < -0.3 is 5.32 Å². The summed E-state index contributed by atoms with van der Waals surface area (Å²) in [5.41, 5.74) is 0.615. The predicted octanol–water partition coefficient (Wildman–Crippen LogP) is 2.43. The lowest BCUT2D eigenvalue weighted by Gasteiger charge is -2.20. The van der Waals surface area contributed by atoms with Crippen LogP contribution in [0.2, 0.25) is 0 Å². The first-order valence-corrected chi connectivity index (χ1v) is 5.28. The van der Waals surface area contributed by atoms with Gasteiger partial charge in [-0.1, -0.05) is 0 Å². The highest BCUT2D eigenvalue weighted by Crippen LogP contribution is 2.19. The summed E-state index contributed by atoms with van der Waals surface area (Å²) in [5, 5.41) is 13.4. The standard InChI is InChI=1S/C12H16N2O3/c1-8-7-9(5-6-10(8)14(16)17)11(15)13-12(2,3)4/h5-7H,1-4H3,(H,13,15). The van der Waals surface area contributed by atoms with Gasteiger partial charge in [0.05, 0.1) is 4.92 Å². The lowest BCUT2D eigenvalue weighted by Crippen LogP contribution is -2.40. The molecule has 0 aromatic heterocycles. The van der Waals surface area contributed by atoms with Crippen LogP contribution < -0.4 is 5.32 Å². The summed E-state index contributed by atoms with van der Waals surface area (Å²) in [6, 6.07) is 4.35. The Morgan fingerprint density at radius 2 is 1.94 bits per heavy atom. The van der Waals surface area contributed by atoms with Crippen molar-refractivity contribution in [1.29, 1.82) is 0 Å². The van der Waals surface area contributed by atoms with Crippen LogP contribution in [0.15, 0.2) is 18.2 Å². The zero-order valence-corrected chi connectivity index (χ0v) is 10.4. The Balaban J connectivity index is 2.98. The van der Waals surface area contributed by atoms with Crippen LogP contribution in [0.4, 0.5) is 5.69 Å². The Bertz CT molecular complexity index is 461. The second kappa shape index (κ2) is 4.53. The van der Waals surface area contributed by atoms with E-state index in [1.807, 2.05) is 20.8 Å². The van der Waals surface area contributed by atoms with E-state index in [9.17, 15) is 14.9 Å². The molecular formula is C12H16N2O3. The third-order valence-electron chi connectivity index (χ3n) is 2.14. The number of hydrogen-bond acceptors (Lipinski definition) is 3. The topological polar surface area (TPSA) is 72.2 Å². The van der Waals surface area contributed by atoms with Gasteiger partial charge in [-0.25, -0.2) is 0 Å². The lowest BCUT2D eigenvalue weighted by atomic mass is 10.1. The van der Waals surface area contributed by atoms with E-state index in [4.69, 9.17) is 0 Å². The van der Waals surface area contributed by atoms with Gasteiger partial charge in [0.25, 0.3) is 11.6 Å². The minimum atomic E-state index is -0.458. The van der Waals surface area contributed by atoms with E-state index in [0.29, 0.717) is 11.1 Å². The number of nitrogens with one attached hydrogen (secondary N) is 1. The Morgan fingerprint density at radius 3 is 2.35 bits per heavy atom. The molecule has 0 heterocycles. The fraction of sp³-hybridized carbons (Fsp3) is 0.417. The maximum absolute atomic E-state index is 11.8. The van der Waals surface area contributed by atoms with Crippen LogP contribution in [0.5, 0.6) is 0 Å². The predicted molar refractivity (Wildman–Crippen MR) is 65.1 cm³/mol. The Hall–Kier alpha value is -1.91. The number of aryl methyl sites for hydroxylation is 1. The highest BCUT2D eigenvalue weighted by molar-refractivity contribution is 5.95. The fourth-order valence-corrected chi connectivity index (χ4v) is 1.41. The molecule has 1 aromatic rings. The molecule has 0 saturated carbocycles. The maximum atomic E-state index is 11.8. The van der Waals surface area contributed by atoms with Crippen molar-refractivity contribution < 1.29 is 9.72 Å². The largest absolute Gasteiger partial charge is 0.347 e. The molecular weight excluding hydrogens is 220 g/mol. The maximum Gasteiger partial charge on any atom is 0.272 e. The normalized spacial score (nSPS) is 11.1. The third-order valence-corrected chi connectivity index (χ3v) is 2.14. The van der Waals surface area contributed by atoms with E-state index < -0.39 is 4.92 Å². The summed E-state index contributed by atoms with van der Waals surface area (Å²) in [4.78, 5) is 22.0. The summed E-state index contributed by atoms with van der Waals surface area (Å²) in [6.07, 6.45) is 0. The average molecular weight is 236 g/mol. The molecule has 0 atom stereocenters. The van der Waals surface area contributed by atoms with Crippen molar-refractivity contribution in [3.8, 4) is 0 Å². The molecule has 5 heteroatoms. The number of rotatable bonds is 2. The molecule has 1 aromatic carbocycles. The van der Waals surface area contributed by atoms with E-state index in [1.54, 1.807) is 6.92 Å². The monoisotopic (exact) mass is 236 g/mol. The second-order valence-corrected chi connectivity index (χ2v) is 4.96. The van der Waals surface area contributed by atoms with Gasteiger partial charge in [-0.15, -0.1) is 0 Å². The van der Waals surface area contributed by atoms with Gasteiger partial charge in [0, 0.05) is 22.7 Å². The van der Waals surface area contributed by atoms with Gasteiger partial charge in [0.15, 0.2) is 0 Å². The van der Waals surface area contributed by atoms with Gasteiger partial charge >= 0.3 is 0 Å². The third kappa shape index (κ3) is 3.55. The summed E-state index contributed by atoms with van der Waals surface area (Å²) >= 11 is 0. The summed E-state index contributed by atoms with van der Waals surface area (Å²) in [7, 11) is 0. The van der Waals surface area contributed by atoms with Crippen molar-refractivity contribution in [2.24, 2.45) is 0 Å². The Morgan fingerprint density at radius 1 is 1.35 bits per heavy atom. The first-order chi connectivity index (χ1) is 7.70. The molecule has 0 aliphatic carbocycles. The van der Waals surface area contributed by atoms with Gasteiger partial charge in [0.2, 0.25) is 0 Å². The van der Waals surface area contributed by atoms with Gasteiger partial charge in [-0.05, 0) is 39.8 Å². The van der Waals surface area contributed by atoms with E-state index >= 15 is 0 Å². The molecule has 0 radical (unpaired) electrons. The minimum absolute atomic E-state index is 0.0253. The van der Waals surface area contributed by atoms with Crippen molar-refractivity contribution in [3.05, 3.63) is 39.4 Å². The average Bonchev–Trinajstić information content (AvgIpc) is 2.14. The molecule has 1 rings (SSSR count). The molecule has 92 valence electrons. The van der Waals surface area contributed by atoms with Crippen LogP contribution in [0.25, 0.3) is 0 Å². The molecule has 1 N–H and O–H groups in total. The van der Waals surface area contributed by atoms with Crippen LogP contribution in [0.1, 0.15) is 36.7 Å². The zero-order valence-electron chi connectivity index (χ0n) is 10.4. The van der Waals surface area contributed by atoms with Crippen LogP contribution in [0.3, 0.4) is 0 Å². The SMILES string of the molecule is Cc1cc(C(=O)NC(C)(C)C)ccc1[N+](=O)[O-]. The molecule has 0 bridgehead atoms. The van der Waals surface area contributed by atoms with Crippen molar-refractivity contribution in [1.82, 2.24) is 5.32 Å². The number of carbonyl (C=O) groups excluding carboxylic acids is 1. The number of benzene rings is 1. The zero-order chi connectivity index (χ0) is 13.2. The molecule has 0 unspecified atom stereocenters. The van der Waals surface area contributed by atoms with Crippen LogP contribution in [-0.2, 0) is 0 Å². The summed E-state index contributed by atoms with van der Waals surface area (Å²) < 4.78 is 0. The molecule has 1 amide bonds. The first kappa shape index (κ1) is 13.2. The number of amides is 1. The number of nitro groups is 1. The van der Waals surface area contributed by atoms with Crippen molar-refractivity contribution in [2.75, 3.05) is 0 Å². The van der Waals surface area contributed by atoms with Crippen LogP contribution in [-0.4, -0.2) is 16.4 Å². The summed E-state index contributed by atoms with van der Waals surface area (Å²) in [5.74, 6) is -0.226. The van der Waals surface area contributed by atoms with E-state index in [0.717, 1.165) is 0 Å². The highest BCUT2D eigenvalue weighted by Gasteiger charge is 2.17. The van der Waals surface area contributed by atoms with Crippen molar-refractivity contribution >= 4 is 11.6 Å². The molecule has 0 fully saturated rings. The summed E-state index contributed by atoms with van der Waals surface area (Å²) in [6.45, 7) is 7.25. The first-order valence-electron chi connectivity index (χ1n) is 5.28. The Labute approximate surface area is 100.0 Å². The molecule has 0 aliphatic heterocycles. The smallest absolute Gasteiger partial charge is 0.272 e. The number of hydrogen-bond donors (Lipinski definition) is 1. The van der Waals surface area contributed by atoms with E-state index in [1.165, 1.54) is 18.2 Å². The molecule has 17 heavy (non-hydrogen) atoms. The number of carbonyl (C=O) groups is 1. The van der Waals surface area contributed by atoms with E-state index in [2.05, 4.69) is 5.32 Å². The fourth-order valence-electron chi connectivity index (χ4n) is 1.41. The number of nitrogens with zero attached hydrogens (tertiary/aromatic N) is 1. The minimum Gasteiger partial charge on any atom is -0.347 e. The Kier molecular flexibility index (Phi) is 3.50.